The van der Waals surface area contributed by atoms with E-state index in [1.807, 2.05) is 34.0 Å². The average Bonchev–Trinajstić information content (AvgIpc) is 1.53. The fraction of sp³-hybridized carbons (Fsp3) is 0.194. The molecule has 0 saturated heterocycles. The lowest BCUT2D eigenvalue weighted by atomic mass is 9.60. The highest BCUT2D eigenvalue weighted by Gasteiger charge is 2.63. The van der Waals surface area contributed by atoms with Gasteiger partial charge in [0, 0.05) is 145 Å². The summed E-state index contributed by atoms with van der Waals surface area (Å²) >= 11 is 5.68. The Morgan fingerprint density at radius 1 is 0.233 bits per heavy atom. The monoisotopic (exact) mass is 1930 g/mol. The summed E-state index contributed by atoms with van der Waals surface area (Å²) in [7, 11) is 0. The Balaban J connectivity index is 0.0000000996. The van der Waals surface area contributed by atoms with Crippen LogP contribution in [0, 0.1) is 41.4 Å². The lowest BCUT2D eigenvalue weighted by Crippen LogP contribution is -2.39. The van der Waals surface area contributed by atoms with Crippen LogP contribution in [0.4, 0.5) is 51.2 Å². The maximum Gasteiger partial charge on any atom is 0.137 e. The summed E-state index contributed by atoms with van der Waals surface area (Å²) in [5.41, 5.74) is 36.3. The van der Waals surface area contributed by atoms with Crippen LogP contribution in [-0.4, -0.2) is 0 Å². The van der Waals surface area contributed by atoms with E-state index in [0.29, 0.717) is 5.41 Å². The van der Waals surface area contributed by atoms with Crippen molar-refractivity contribution >= 4 is 178 Å². The SMILES string of the molecule is c1ccc(-c2ccc(N(c3ccc4c(c3)C3(CC5CCC3C5)C3CCCCC43)c3ccc4c(c3)oc3ccccc34)c(-c3ccccc3)c2)cc1.c1ccc2c(c1)-c1ccc(N(c3ccc(-c4cccc5ccccc45)cc3)c3ccc4c(c3)sc3ccccc34)cc1C21CC2CCC1C2.c1ccc2c(c1)-c1ccc(N(c3ccc4c(c3)sc3ccccc34)c3ccc4sc5ccccc5c4c3)cc1C21CC2CCC1C2. The van der Waals surface area contributed by atoms with Crippen molar-refractivity contribution < 1.29 is 4.42 Å². The Labute approximate surface area is 864 Å². The van der Waals surface area contributed by atoms with Crippen LogP contribution < -0.4 is 14.7 Å². The zero-order valence-corrected chi connectivity index (χ0v) is 84.2. The fourth-order valence-corrected chi connectivity index (χ4v) is 34.7. The van der Waals surface area contributed by atoms with E-state index in [-0.39, 0.29) is 10.8 Å². The number of anilines is 9. The molecule has 11 unspecified atom stereocenters. The van der Waals surface area contributed by atoms with Gasteiger partial charge in [-0.1, -0.05) is 305 Å². The van der Waals surface area contributed by atoms with Crippen molar-refractivity contribution in [3.63, 3.8) is 0 Å². The van der Waals surface area contributed by atoms with Gasteiger partial charge in [-0.2, -0.15) is 0 Å². The summed E-state index contributed by atoms with van der Waals surface area (Å²) in [5.74, 6) is 6.48. The average molecular weight is 1930 g/mol. The molecule has 146 heavy (non-hydrogen) atoms. The smallest absolute Gasteiger partial charge is 0.137 e. The summed E-state index contributed by atoms with van der Waals surface area (Å²) < 4.78 is 14.6. The van der Waals surface area contributed by atoms with Crippen molar-refractivity contribution in [3.05, 3.63) is 452 Å². The maximum atomic E-state index is 6.53. The molecule has 11 atom stereocenters. The lowest BCUT2D eigenvalue weighted by molar-refractivity contribution is 0.136. The Morgan fingerprint density at radius 3 is 1.29 bits per heavy atom. The number of thiophene rings is 3. The number of hydrogen-bond donors (Lipinski definition) is 0. The van der Waals surface area contributed by atoms with Gasteiger partial charge >= 0.3 is 0 Å². The number of nitrogens with zero attached hydrogens (tertiary/aromatic N) is 3. The second-order valence-corrected chi connectivity index (χ2v) is 47.5. The van der Waals surface area contributed by atoms with E-state index in [9.17, 15) is 0 Å². The second-order valence-electron chi connectivity index (χ2n) is 44.2. The predicted molar refractivity (Wildman–Crippen MR) is 618 cm³/mol. The van der Waals surface area contributed by atoms with Crippen LogP contribution in [0.2, 0.25) is 0 Å². The summed E-state index contributed by atoms with van der Waals surface area (Å²) in [4.78, 5) is 7.56. The molecular formula is C139H109N3OS3. The minimum absolute atomic E-state index is 0.143. The first-order valence-electron chi connectivity index (χ1n) is 53.8. The molecule has 0 amide bonds. The summed E-state index contributed by atoms with van der Waals surface area (Å²) in [6.07, 6.45) is 22.1. The summed E-state index contributed by atoms with van der Waals surface area (Å²) in [5, 5.41) is 12.9. The van der Waals surface area contributed by atoms with E-state index in [0.717, 1.165) is 69.6 Å². The number of hydrogen-bond acceptors (Lipinski definition) is 7. The third-order valence-electron chi connectivity index (χ3n) is 37.2. The van der Waals surface area contributed by atoms with Crippen molar-refractivity contribution in [2.75, 3.05) is 14.7 Å². The molecule has 0 radical (unpaired) electrons. The minimum atomic E-state index is 0.143. The third-order valence-corrected chi connectivity index (χ3v) is 40.7. The molecule has 7 heteroatoms. The van der Waals surface area contributed by atoms with Gasteiger partial charge in [-0.3, -0.25) is 0 Å². The largest absolute Gasteiger partial charge is 0.456 e. The van der Waals surface area contributed by atoms with Gasteiger partial charge in [0.1, 0.15) is 11.2 Å². The van der Waals surface area contributed by atoms with E-state index in [4.69, 9.17) is 4.42 Å². The Bertz CT molecular complexity index is 9230. The van der Waals surface area contributed by atoms with Gasteiger partial charge in [0.05, 0.1) is 5.69 Å². The molecule has 10 aliphatic carbocycles. The molecule has 7 fully saturated rings. The molecule has 6 bridgehead atoms. The summed E-state index contributed by atoms with van der Waals surface area (Å²) in [6, 6.07) is 157. The lowest BCUT2D eigenvalue weighted by Gasteiger charge is -2.44. The zero-order valence-electron chi connectivity index (χ0n) is 81.7. The summed E-state index contributed by atoms with van der Waals surface area (Å²) in [6.45, 7) is 0. The molecule has 10 aliphatic rings. The molecular weight excluding hydrogens is 1820 g/mol. The van der Waals surface area contributed by atoms with E-state index in [1.54, 1.807) is 33.4 Å². The van der Waals surface area contributed by atoms with E-state index >= 15 is 0 Å². The van der Waals surface area contributed by atoms with Crippen molar-refractivity contribution in [3.8, 4) is 55.6 Å². The molecule has 3 spiro atoms. The maximum absolute atomic E-state index is 6.53. The van der Waals surface area contributed by atoms with Crippen LogP contribution in [0.3, 0.4) is 0 Å². The van der Waals surface area contributed by atoms with Crippen molar-refractivity contribution in [1.82, 2.24) is 0 Å². The molecule has 7 saturated carbocycles. The first-order valence-corrected chi connectivity index (χ1v) is 56.2. The van der Waals surface area contributed by atoms with Gasteiger partial charge in [0.2, 0.25) is 0 Å². The highest BCUT2D eigenvalue weighted by atomic mass is 32.1. The van der Waals surface area contributed by atoms with Gasteiger partial charge in [-0.15, -0.1) is 34.0 Å². The first-order chi connectivity index (χ1) is 72.2. The number of rotatable bonds is 12. The van der Waals surface area contributed by atoms with Crippen LogP contribution in [0.25, 0.3) is 149 Å². The molecule has 0 N–H and O–H groups in total. The van der Waals surface area contributed by atoms with E-state index in [1.165, 1.54) is 281 Å². The molecule has 0 aliphatic heterocycles. The van der Waals surface area contributed by atoms with Gasteiger partial charge in [0.25, 0.3) is 0 Å². The molecule has 4 nitrogen and oxygen atoms in total. The predicted octanol–water partition coefficient (Wildman–Crippen LogP) is 40.1. The molecule has 33 rings (SSSR count). The van der Waals surface area contributed by atoms with Crippen molar-refractivity contribution in [2.45, 2.75) is 125 Å². The van der Waals surface area contributed by atoms with Gasteiger partial charge in [-0.25, -0.2) is 0 Å². The number of furan rings is 1. The van der Waals surface area contributed by atoms with Crippen LogP contribution in [0.5, 0.6) is 0 Å². The Kier molecular flexibility index (Phi) is 19.8. The van der Waals surface area contributed by atoms with Gasteiger partial charge < -0.3 is 19.1 Å². The number of benzene rings is 19. The number of fused-ring (bicyclic) bond motifs is 37. The quantitative estimate of drug-likeness (QED) is 0.122. The van der Waals surface area contributed by atoms with Gasteiger partial charge in [-0.05, 0) is 352 Å². The van der Waals surface area contributed by atoms with Crippen LogP contribution in [0.1, 0.15) is 142 Å². The van der Waals surface area contributed by atoms with E-state index in [2.05, 4.69) is 433 Å². The highest BCUT2D eigenvalue weighted by molar-refractivity contribution is 7.26. The molecule has 704 valence electrons. The van der Waals surface area contributed by atoms with Crippen molar-refractivity contribution in [1.29, 1.82) is 0 Å². The Morgan fingerprint density at radius 2 is 0.664 bits per heavy atom. The highest BCUT2D eigenvalue weighted by Crippen LogP contribution is 2.72. The number of para-hydroxylation sites is 1. The molecule has 19 aromatic carbocycles. The third kappa shape index (κ3) is 13.2. The standard InChI is InChI=1S/C49H43NO.C47H35NS.C43H31NS2/c1-3-11-33(12-4-1)35-20-26-46(43(28-35)34-13-5-2-6-14-34)50(38-23-25-42-41-16-8-10-18-47(41)51-48(42)30-38)37-22-24-40-39-15-7-9-17-44(39)49(45(40)29-37)31-32-19-21-36(49)27-32;1-2-10-37-31(8-1)9-7-13-38(37)32-17-20-34(21-18-32)48(36-23-25-42-41-12-4-6-15-45(41)49-46(42)28-36)35-22-24-40-39-11-3-5-14-43(39)47(44(40)27-35)29-30-16-19-33(47)26-30;1-4-10-37-31(7-1)32-18-15-29(23-38(32)43(37)25-26-13-14-27(43)21-26)44(28-17-20-41-36(22-28)34-9-3-6-12-40(34)45-41)30-16-19-35-33-8-2-5-11-39(33)46-42(35)24-30/h1-6,8,10-14,16,18,20,22-26,28-30,32,36,39,44H,7,9,15,17,19,21,27,31H2;1-15,17-18,20-25,27-28,30,33H,16,19,26,29H2;1-12,15-20,22-24,26-27H,13-14,21,25H2. The van der Waals surface area contributed by atoms with Crippen LogP contribution >= 0.6 is 34.0 Å². The molecule has 23 aromatic rings. The first kappa shape index (κ1) is 85.7. The van der Waals surface area contributed by atoms with Crippen LogP contribution in [0.15, 0.2) is 423 Å². The van der Waals surface area contributed by atoms with Crippen LogP contribution in [-0.2, 0) is 16.2 Å². The molecule has 4 heterocycles. The minimum Gasteiger partial charge on any atom is -0.456 e. The Hall–Kier alpha value is -14.7. The van der Waals surface area contributed by atoms with Crippen molar-refractivity contribution in [2.24, 2.45) is 41.4 Å². The topological polar surface area (TPSA) is 22.9 Å². The van der Waals surface area contributed by atoms with Gasteiger partial charge in [0.15, 0.2) is 0 Å². The second kappa shape index (κ2) is 33.7. The zero-order chi connectivity index (χ0) is 95.6. The normalized spacial score (nSPS) is 22.2. The van der Waals surface area contributed by atoms with E-state index < -0.39 is 0 Å². The molecule has 4 aromatic heterocycles. The fourth-order valence-electron chi connectivity index (χ4n) is 31.3.